The van der Waals surface area contributed by atoms with Gasteiger partial charge in [-0.3, -0.25) is 5.10 Å². The highest BCUT2D eigenvalue weighted by molar-refractivity contribution is 5.86. The summed E-state index contributed by atoms with van der Waals surface area (Å²) < 4.78 is 0. The fourth-order valence-corrected chi connectivity index (χ4v) is 1.39. The standard InChI is InChI=1S/C10H9N5/c11-15-12-6-2-5-8-3-1-4-9-7-13-14-10(8)9/h1-5,7H,6H2,(H,13,14). The molecule has 1 aromatic carbocycles. The first-order valence-electron chi connectivity index (χ1n) is 4.51. The van der Waals surface area contributed by atoms with Crippen molar-refractivity contribution in [3.63, 3.8) is 0 Å². The first kappa shape index (κ1) is 9.30. The van der Waals surface area contributed by atoms with Crippen molar-refractivity contribution in [1.29, 1.82) is 0 Å². The van der Waals surface area contributed by atoms with Gasteiger partial charge in [-0.25, -0.2) is 0 Å². The van der Waals surface area contributed by atoms with Crippen LogP contribution in [0.1, 0.15) is 5.56 Å². The first-order chi connectivity index (χ1) is 7.42. The van der Waals surface area contributed by atoms with E-state index in [-0.39, 0.29) is 0 Å². The van der Waals surface area contributed by atoms with Crippen LogP contribution in [0.3, 0.4) is 0 Å². The molecular formula is C10H9N5. The number of H-pyrrole nitrogens is 1. The number of azide groups is 1. The van der Waals surface area contributed by atoms with Gasteiger partial charge in [0.15, 0.2) is 0 Å². The topological polar surface area (TPSA) is 77.4 Å². The lowest BCUT2D eigenvalue weighted by molar-refractivity contribution is 1.12. The van der Waals surface area contributed by atoms with Crippen molar-refractivity contribution in [2.24, 2.45) is 5.11 Å². The summed E-state index contributed by atoms with van der Waals surface area (Å²) in [4.78, 5) is 2.67. The predicted octanol–water partition coefficient (Wildman–Crippen LogP) is 2.89. The van der Waals surface area contributed by atoms with Crippen LogP contribution < -0.4 is 0 Å². The van der Waals surface area contributed by atoms with Gasteiger partial charge >= 0.3 is 0 Å². The number of nitrogens with zero attached hydrogens (tertiary/aromatic N) is 4. The summed E-state index contributed by atoms with van der Waals surface area (Å²) in [6.07, 6.45) is 5.50. The third-order valence-corrected chi connectivity index (χ3v) is 2.06. The summed E-state index contributed by atoms with van der Waals surface area (Å²) in [6.45, 7) is 0.362. The molecular weight excluding hydrogens is 190 g/mol. The summed E-state index contributed by atoms with van der Waals surface area (Å²) in [5.74, 6) is 0. The highest BCUT2D eigenvalue weighted by atomic mass is 15.1. The fourth-order valence-electron chi connectivity index (χ4n) is 1.39. The van der Waals surface area contributed by atoms with Crippen molar-refractivity contribution in [2.45, 2.75) is 0 Å². The second kappa shape index (κ2) is 4.30. The zero-order chi connectivity index (χ0) is 10.5. The lowest BCUT2D eigenvalue weighted by Gasteiger charge is -1.94. The van der Waals surface area contributed by atoms with Gasteiger partial charge in [0.2, 0.25) is 0 Å². The summed E-state index contributed by atoms with van der Waals surface area (Å²) in [5, 5.41) is 11.4. The highest BCUT2D eigenvalue weighted by Crippen LogP contribution is 2.16. The third kappa shape index (κ3) is 1.98. The quantitative estimate of drug-likeness (QED) is 0.460. The maximum absolute atomic E-state index is 8.11. The molecule has 5 nitrogen and oxygen atoms in total. The Hall–Kier alpha value is -2.26. The Morgan fingerprint density at radius 2 is 2.47 bits per heavy atom. The second-order valence-electron chi connectivity index (χ2n) is 3.00. The van der Waals surface area contributed by atoms with Gasteiger partial charge < -0.3 is 0 Å². The van der Waals surface area contributed by atoms with Gasteiger partial charge in [0.1, 0.15) is 0 Å². The fraction of sp³-hybridized carbons (Fsp3) is 0.100. The van der Waals surface area contributed by atoms with Crippen LogP contribution in [0.5, 0.6) is 0 Å². The average molecular weight is 199 g/mol. The van der Waals surface area contributed by atoms with Gasteiger partial charge in [0, 0.05) is 16.8 Å². The molecule has 0 saturated heterocycles. The Kier molecular flexibility index (Phi) is 2.67. The van der Waals surface area contributed by atoms with Crippen LogP contribution in [-0.2, 0) is 0 Å². The van der Waals surface area contributed by atoms with E-state index < -0.39 is 0 Å². The molecule has 0 aliphatic rings. The highest BCUT2D eigenvalue weighted by Gasteiger charge is 1.97. The SMILES string of the molecule is [N-]=[N+]=NCC=Cc1cccc2cn[nH]c12. The molecule has 0 saturated carbocycles. The van der Waals surface area contributed by atoms with Gasteiger partial charge in [0.05, 0.1) is 11.7 Å². The molecule has 1 aromatic heterocycles. The Bertz CT molecular complexity index is 533. The molecule has 1 heterocycles. The number of aromatic amines is 1. The molecule has 0 bridgehead atoms. The van der Waals surface area contributed by atoms with Gasteiger partial charge in [-0.05, 0) is 11.1 Å². The van der Waals surface area contributed by atoms with E-state index in [1.165, 1.54) is 0 Å². The zero-order valence-corrected chi connectivity index (χ0v) is 7.96. The molecule has 0 atom stereocenters. The number of benzene rings is 1. The lowest BCUT2D eigenvalue weighted by Crippen LogP contribution is -1.77. The van der Waals surface area contributed by atoms with Crippen molar-refractivity contribution >= 4 is 17.0 Å². The second-order valence-corrected chi connectivity index (χ2v) is 3.00. The minimum absolute atomic E-state index is 0.362. The first-order valence-corrected chi connectivity index (χ1v) is 4.51. The van der Waals surface area contributed by atoms with E-state index in [0.29, 0.717) is 6.54 Å². The number of para-hydroxylation sites is 1. The number of hydrogen-bond acceptors (Lipinski definition) is 2. The van der Waals surface area contributed by atoms with Gasteiger partial charge in [-0.2, -0.15) is 5.10 Å². The van der Waals surface area contributed by atoms with Crippen LogP contribution in [0, 0.1) is 0 Å². The Balaban J connectivity index is 2.31. The molecule has 74 valence electrons. The summed E-state index contributed by atoms with van der Waals surface area (Å²) in [7, 11) is 0. The van der Waals surface area contributed by atoms with Gasteiger partial charge in [-0.1, -0.05) is 35.5 Å². The van der Waals surface area contributed by atoms with E-state index in [1.54, 1.807) is 6.20 Å². The molecule has 2 aromatic rings. The number of rotatable bonds is 3. The van der Waals surface area contributed by atoms with Crippen molar-refractivity contribution in [3.05, 3.63) is 46.5 Å². The van der Waals surface area contributed by atoms with E-state index >= 15 is 0 Å². The summed E-state index contributed by atoms with van der Waals surface area (Å²) in [5.41, 5.74) is 10.1. The van der Waals surface area contributed by atoms with E-state index in [1.807, 2.05) is 30.4 Å². The van der Waals surface area contributed by atoms with Crippen molar-refractivity contribution in [3.8, 4) is 0 Å². The molecule has 2 rings (SSSR count). The average Bonchev–Trinajstić information content (AvgIpc) is 2.73. The van der Waals surface area contributed by atoms with Crippen LogP contribution in [0.4, 0.5) is 0 Å². The number of fused-ring (bicyclic) bond motifs is 1. The molecule has 0 radical (unpaired) electrons. The molecule has 0 spiro atoms. The summed E-state index contributed by atoms with van der Waals surface area (Å²) >= 11 is 0. The van der Waals surface area contributed by atoms with Crippen molar-refractivity contribution < 1.29 is 0 Å². The van der Waals surface area contributed by atoms with E-state index in [0.717, 1.165) is 16.5 Å². The molecule has 1 N–H and O–H groups in total. The largest absolute Gasteiger partial charge is 0.277 e. The molecule has 5 heteroatoms. The molecule has 0 aliphatic carbocycles. The Morgan fingerprint density at radius 3 is 3.33 bits per heavy atom. The third-order valence-electron chi connectivity index (χ3n) is 2.06. The van der Waals surface area contributed by atoms with Crippen molar-refractivity contribution in [1.82, 2.24) is 10.2 Å². The molecule has 0 unspecified atom stereocenters. The molecule has 15 heavy (non-hydrogen) atoms. The molecule has 0 amide bonds. The number of nitrogens with one attached hydrogen (secondary N) is 1. The Morgan fingerprint density at radius 1 is 1.53 bits per heavy atom. The van der Waals surface area contributed by atoms with Crippen LogP contribution in [0.15, 0.2) is 35.6 Å². The molecule has 0 fully saturated rings. The van der Waals surface area contributed by atoms with Crippen molar-refractivity contribution in [2.75, 3.05) is 6.54 Å². The van der Waals surface area contributed by atoms with Gasteiger partial charge in [-0.15, -0.1) is 0 Å². The van der Waals surface area contributed by atoms with Crippen LogP contribution in [0.2, 0.25) is 0 Å². The van der Waals surface area contributed by atoms with Crippen LogP contribution in [0.25, 0.3) is 27.4 Å². The minimum atomic E-state index is 0.362. The number of hydrogen-bond donors (Lipinski definition) is 1. The van der Waals surface area contributed by atoms with Crippen LogP contribution >= 0.6 is 0 Å². The van der Waals surface area contributed by atoms with E-state index in [9.17, 15) is 0 Å². The summed E-state index contributed by atoms with van der Waals surface area (Å²) in [6, 6.07) is 5.93. The Labute approximate surface area is 86.0 Å². The zero-order valence-electron chi connectivity index (χ0n) is 7.96. The van der Waals surface area contributed by atoms with E-state index in [4.69, 9.17) is 5.53 Å². The number of aromatic nitrogens is 2. The predicted molar refractivity (Wildman–Crippen MR) is 59.1 cm³/mol. The van der Waals surface area contributed by atoms with E-state index in [2.05, 4.69) is 20.2 Å². The van der Waals surface area contributed by atoms with Crippen LogP contribution in [-0.4, -0.2) is 16.7 Å². The normalized spacial score (nSPS) is 10.7. The maximum Gasteiger partial charge on any atom is 0.0722 e. The monoisotopic (exact) mass is 199 g/mol. The molecule has 0 aliphatic heterocycles. The van der Waals surface area contributed by atoms with Gasteiger partial charge in [0.25, 0.3) is 0 Å². The lowest BCUT2D eigenvalue weighted by atomic mass is 10.1. The smallest absolute Gasteiger partial charge is 0.0722 e. The maximum atomic E-state index is 8.11. The minimum Gasteiger partial charge on any atom is -0.277 e.